The van der Waals surface area contributed by atoms with E-state index >= 15 is 0 Å². The average molecular weight is 390 g/mol. The Kier molecular flexibility index (Phi) is 6.82. The summed E-state index contributed by atoms with van der Waals surface area (Å²) in [7, 11) is 0. The van der Waals surface area contributed by atoms with Crippen LogP contribution >= 0.6 is 0 Å². The predicted octanol–water partition coefficient (Wildman–Crippen LogP) is 1.82. The van der Waals surface area contributed by atoms with Gasteiger partial charge < -0.3 is 20.5 Å². The minimum Gasteiger partial charge on any atom is -0.479 e. The van der Waals surface area contributed by atoms with Crippen LogP contribution in [0, 0.1) is 12.3 Å². The molecule has 1 aromatic rings. The predicted molar refractivity (Wildman–Crippen MR) is 105 cm³/mol. The first-order valence-electron chi connectivity index (χ1n) is 9.60. The maximum Gasteiger partial charge on any atom is 0.330 e. The molecule has 1 aliphatic rings. The molecule has 1 aromatic carbocycles. The van der Waals surface area contributed by atoms with E-state index in [4.69, 9.17) is 4.74 Å². The quantitative estimate of drug-likeness (QED) is 0.597. The van der Waals surface area contributed by atoms with Gasteiger partial charge >= 0.3 is 5.97 Å². The fourth-order valence-corrected chi connectivity index (χ4v) is 3.60. The Morgan fingerprint density at radius 2 is 1.82 bits per heavy atom. The van der Waals surface area contributed by atoms with Crippen molar-refractivity contribution in [1.82, 2.24) is 10.6 Å². The lowest BCUT2D eigenvalue weighted by Crippen LogP contribution is -2.76. The average Bonchev–Trinajstić information content (AvgIpc) is 2.64. The molecule has 7 nitrogen and oxygen atoms in total. The Morgan fingerprint density at radius 1 is 1.18 bits per heavy atom. The number of nitrogens with one attached hydrogen (secondary N) is 2. The van der Waals surface area contributed by atoms with Crippen molar-refractivity contribution in [2.24, 2.45) is 5.41 Å². The molecule has 1 saturated carbocycles. The van der Waals surface area contributed by atoms with E-state index in [1.54, 1.807) is 13.8 Å². The first kappa shape index (κ1) is 21.9. The number of rotatable bonds is 9. The van der Waals surface area contributed by atoms with Crippen LogP contribution in [-0.4, -0.2) is 47.7 Å². The highest BCUT2D eigenvalue weighted by atomic mass is 16.5. The minimum absolute atomic E-state index is 0.205. The van der Waals surface area contributed by atoms with Crippen LogP contribution in [0.2, 0.25) is 0 Å². The third-order valence-corrected chi connectivity index (χ3v) is 5.69. The van der Waals surface area contributed by atoms with E-state index in [0.717, 1.165) is 11.1 Å². The molecule has 0 bridgehead atoms. The summed E-state index contributed by atoms with van der Waals surface area (Å²) >= 11 is 0. The van der Waals surface area contributed by atoms with Crippen molar-refractivity contribution < 1.29 is 24.2 Å². The molecule has 0 radical (unpaired) electrons. The van der Waals surface area contributed by atoms with Gasteiger partial charge in [-0.15, -0.1) is 0 Å². The van der Waals surface area contributed by atoms with E-state index in [9.17, 15) is 19.5 Å². The Labute approximate surface area is 165 Å². The van der Waals surface area contributed by atoms with Gasteiger partial charge in [0.1, 0.15) is 5.54 Å². The van der Waals surface area contributed by atoms with Gasteiger partial charge in [-0.2, -0.15) is 0 Å². The van der Waals surface area contributed by atoms with Crippen molar-refractivity contribution in [3.05, 3.63) is 35.4 Å². The van der Waals surface area contributed by atoms with Gasteiger partial charge in [0.15, 0.2) is 0 Å². The number of hydrogen-bond donors (Lipinski definition) is 3. The maximum atomic E-state index is 12.3. The molecular formula is C21H30N2O5. The fraction of sp³-hybridized carbons (Fsp3) is 0.571. The van der Waals surface area contributed by atoms with Crippen LogP contribution in [0.4, 0.5) is 0 Å². The molecule has 2 rings (SSSR count). The van der Waals surface area contributed by atoms with E-state index in [1.165, 1.54) is 0 Å². The number of amides is 2. The molecule has 7 heteroatoms. The van der Waals surface area contributed by atoms with Crippen LogP contribution in [0.15, 0.2) is 24.3 Å². The van der Waals surface area contributed by atoms with Crippen molar-refractivity contribution in [2.45, 2.75) is 58.6 Å². The topological polar surface area (TPSA) is 105 Å². The fourth-order valence-electron chi connectivity index (χ4n) is 3.60. The van der Waals surface area contributed by atoms with Gasteiger partial charge in [0.05, 0.1) is 12.6 Å². The number of benzene rings is 1. The number of ether oxygens (including phenoxy) is 1. The summed E-state index contributed by atoms with van der Waals surface area (Å²) in [4.78, 5) is 36.2. The van der Waals surface area contributed by atoms with Crippen LogP contribution in [0.1, 0.15) is 44.7 Å². The van der Waals surface area contributed by atoms with Gasteiger partial charge in [-0.1, -0.05) is 43.7 Å². The van der Waals surface area contributed by atoms with Crippen molar-refractivity contribution >= 4 is 17.8 Å². The molecule has 2 atom stereocenters. The molecule has 3 N–H and O–H groups in total. The molecule has 0 saturated heterocycles. The summed E-state index contributed by atoms with van der Waals surface area (Å²) in [5.41, 5.74) is 0.0622. The highest BCUT2D eigenvalue weighted by Crippen LogP contribution is 2.51. The molecule has 1 aliphatic carbocycles. The Hall–Kier alpha value is -2.41. The first-order chi connectivity index (χ1) is 13.1. The lowest BCUT2D eigenvalue weighted by Gasteiger charge is -2.58. The third-order valence-electron chi connectivity index (χ3n) is 5.69. The van der Waals surface area contributed by atoms with Crippen LogP contribution in [0.5, 0.6) is 0 Å². The zero-order valence-electron chi connectivity index (χ0n) is 17.0. The molecule has 0 aromatic heterocycles. The summed E-state index contributed by atoms with van der Waals surface area (Å²) < 4.78 is 5.58. The third kappa shape index (κ3) is 4.52. The standard InChI is InChI=1S/C21H30N2O5/c1-5-28-16-12-21(19(26)27,20(16,3)4)23-18(25)13-22-17(24)11-10-15-8-6-14(2)7-9-15/h6-9,16H,5,10-13H2,1-4H3,(H,22,24)(H,23,25)(H,26,27). The van der Waals surface area contributed by atoms with Gasteiger partial charge in [-0.3, -0.25) is 9.59 Å². The van der Waals surface area contributed by atoms with Gasteiger partial charge in [0.25, 0.3) is 0 Å². The highest BCUT2D eigenvalue weighted by molar-refractivity contribution is 5.91. The molecule has 1 fully saturated rings. The summed E-state index contributed by atoms with van der Waals surface area (Å²) in [6, 6.07) is 7.92. The number of aliphatic carboxylic acids is 1. The summed E-state index contributed by atoms with van der Waals surface area (Å²) in [6.45, 7) is 7.61. The molecule has 28 heavy (non-hydrogen) atoms. The maximum absolute atomic E-state index is 12.3. The Bertz CT molecular complexity index is 729. The van der Waals surface area contributed by atoms with Crippen molar-refractivity contribution in [1.29, 1.82) is 0 Å². The van der Waals surface area contributed by atoms with Crippen LogP contribution in [0.3, 0.4) is 0 Å². The van der Waals surface area contributed by atoms with E-state index in [0.29, 0.717) is 13.0 Å². The number of carboxylic acids is 1. The SMILES string of the molecule is CCOC1CC(NC(=O)CNC(=O)CCc2ccc(C)cc2)(C(=O)O)C1(C)C. The normalized spacial score (nSPS) is 22.8. The second-order valence-electron chi connectivity index (χ2n) is 7.89. The second-order valence-corrected chi connectivity index (χ2v) is 7.89. The molecule has 2 amide bonds. The number of aryl methyl sites for hydroxylation is 2. The largest absolute Gasteiger partial charge is 0.479 e. The molecule has 0 heterocycles. The van der Waals surface area contributed by atoms with Gasteiger partial charge in [0.2, 0.25) is 11.8 Å². The summed E-state index contributed by atoms with van der Waals surface area (Å²) in [6.07, 6.45) is 0.808. The van der Waals surface area contributed by atoms with E-state index < -0.39 is 22.8 Å². The zero-order chi connectivity index (χ0) is 20.9. The smallest absolute Gasteiger partial charge is 0.330 e. The lowest BCUT2D eigenvalue weighted by molar-refractivity contribution is -0.194. The molecule has 154 valence electrons. The molecule has 0 aliphatic heterocycles. The van der Waals surface area contributed by atoms with Gasteiger partial charge in [-0.25, -0.2) is 4.79 Å². The Balaban J connectivity index is 1.84. The van der Waals surface area contributed by atoms with E-state index in [2.05, 4.69) is 10.6 Å². The van der Waals surface area contributed by atoms with E-state index in [1.807, 2.05) is 38.1 Å². The van der Waals surface area contributed by atoms with Gasteiger partial charge in [0, 0.05) is 24.9 Å². The van der Waals surface area contributed by atoms with E-state index in [-0.39, 0.29) is 31.4 Å². The Morgan fingerprint density at radius 3 is 2.36 bits per heavy atom. The monoisotopic (exact) mass is 390 g/mol. The number of hydrogen-bond acceptors (Lipinski definition) is 4. The van der Waals surface area contributed by atoms with Crippen LogP contribution in [-0.2, 0) is 25.5 Å². The van der Waals surface area contributed by atoms with Crippen molar-refractivity contribution in [3.8, 4) is 0 Å². The summed E-state index contributed by atoms with van der Waals surface area (Å²) in [5.74, 6) is -1.86. The molecular weight excluding hydrogens is 360 g/mol. The minimum atomic E-state index is -1.39. The lowest BCUT2D eigenvalue weighted by atomic mass is 9.54. The van der Waals surface area contributed by atoms with Crippen LogP contribution in [0.25, 0.3) is 0 Å². The van der Waals surface area contributed by atoms with Crippen molar-refractivity contribution in [3.63, 3.8) is 0 Å². The molecule has 2 unspecified atom stereocenters. The van der Waals surface area contributed by atoms with Gasteiger partial charge in [-0.05, 0) is 25.8 Å². The molecule has 0 spiro atoms. The number of carbonyl (C=O) groups excluding carboxylic acids is 2. The number of carbonyl (C=O) groups is 3. The number of carboxylic acid groups (broad SMARTS) is 1. The highest BCUT2D eigenvalue weighted by Gasteiger charge is 2.66. The zero-order valence-corrected chi connectivity index (χ0v) is 17.0. The van der Waals surface area contributed by atoms with Crippen LogP contribution < -0.4 is 10.6 Å². The first-order valence-corrected chi connectivity index (χ1v) is 9.60. The summed E-state index contributed by atoms with van der Waals surface area (Å²) in [5, 5.41) is 14.9. The van der Waals surface area contributed by atoms with Crippen molar-refractivity contribution in [2.75, 3.05) is 13.2 Å². The second kappa shape index (κ2) is 8.73.